The molecule has 6 rings (SSSR count). The molecule has 3 N–H and O–H groups in total. The van der Waals surface area contributed by atoms with E-state index in [1.54, 1.807) is 29.3 Å². The summed E-state index contributed by atoms with van der Waals surface area (Å²) in [5.74, 6) is -0.633. The van der Waals surface area contributed by atoms with Crippen LogP contribution in [0.3, 0.4) is 0 Å². The largest absolute Gasteiger partial charge is 0.416 e. The quantitative estimate of drug-likeness (QED) is 0.493. The Morgan fingerprint density at radius 3 is 2.49 bits per heavy atom. The molecule has 2 fully saturated rings. The second-order valence-electron chi connectivity index (χ2n) is 11.1. The van der Waals surface area contributed by atoms with Crippen LogP contribution < -0.4 is 20.9 Å². The Morgan fingerprint density at radius 2 is 1.80 bits per heavy atom. The Labute approximate surface area is 235 Å². The lowest BCUT2D eigenvalue weighted by molar-refractivity contribution is -0.137. The Hall–Kier alpha value is -4.19. The van der Waals surface area contributed by atoms with Crippen LogP contribution in [0.25, 0.3) is 0 Å². The maximum absolute atomic E-state index is 13.8. The molecule has 2 aromatic carbocycles. The summed E-state index contributed by atoms with van der Waals surface area (Å²) in [5.41, 5.74) is 7.72. The van der Waals surface area contributed by atoms with Crippen molar-refractivity contribution >= 4 is 34.8 Å². The first-order valence-corrected chi connectivity index (χ1v) is 13.5. The number of fused-ring (bicyclic) bond motifs is 2. The summed E-state index contributed by atoms with van der Waals surface area (Å²) in [5, 5.41) is 2.75. The Kier molecular flexibility index (Phi) is 6.40. The maximum Gasteiger partial charge on any atom is 0.416 e. The molecule has 41 heavy (non-hydrogen) atoms. The summed E-state index contributed by atoms with van der Waals surface area (Å²) in [6.07, 6.45) is -1.64. The summed E-state index contributed by atoms with van der Waals surface area (Å²) in [6, 6.07) is 8.59. The van der Waals surface area contributed by atoms with Gasteiger partial charge in [-0.2, -0.15) is 13.2 Å². The first kappa shape index (κ1) is 27.0. The van der Waals surface area contributed by atoms with Gasteiger partial charge in [0.05, 0.1) is 23.2 Å². The summed E-state index contributed by atoms with van der Waals surface area (Å²) < 4.78 is 41.4. The number of nitrogens with two attached hydrogens (primary N) is 1. The smallest absolute Gasteiger partial charge is 0.369 e. The third-order valence-electron chi connectivity index (χ3n) is 8.20. The topological polar surface area (TPSA) is 108 Å². The fraction of sp³-hybridized carbons (Fsp3) is 0.379. The van der Waals surface area contributed by atoms with Gasteiger partial charge in [0, 0.05) is 60.6 Å². The minimum atomic E-state index is -4.60. The van der Waals surface area contributed by atoms with Gasteiger partial charge in [0.15, 0.2) is 0 Å². The number of benzene rings is 2. The number of rotatable bonds is 4. The molecule has 2 aliphatic heterocycles. The van der Waals surface area contributed by atoms with Crippen LogP contribution >= 0.6 is 0 Å². The van der Waals surface area contributed by atoms with E-state index >= 15 is 0 Å². The highest BCUT2D eigenvalue weighted by atomic mass is 19.4. The average molecular weight is 566 g/mol. The lowest BCUT2D eigenvalue weighted by Crippen LogP contribution is -2.45. The molecule has 3 aromatic rings. The minimum Gasteiger partial charge on any atom is -0.369 e. The Bertz CT molecular complexity index is 1550. The lowest BCUT2D eigenvalue weighted by Gasteiger charge is -2.34. The molecule has 3 aliphatic rings. The van der Waals surface area contributed by atoms with Gasteiger partial charge in [-0.05, 0) is 62.7 Å². The van der Waals surface area contributed by atoms with Gasteiger partial charge in [-0.15, -0.1) is 0 Å². The van der Waals surface area contributed by atoms with Crippen molar-refractivity contribution in [2.45, 2.75) is 37.9 Å². The molecule has 12 heteroatoms. The molecule has 0 atom stereocenters. The molecular weight excluding hydrogens is 535 g/mol. The van der Waals surface area contributed by atoms with Crippen LogP contribution in [0.15, 0.2) is 42.6 Å². The number of hydrogen-bond acceptors (Lipinski definition) is 7. The molecule has 1 spiro atoms. The van der Waals surface area contributed by atoms with Crippen LogP contribution in [0.2, 0.25) is 0 Å². The SMILES string of the molecule is Cc1ccc(NC(=O)c2cc(N3CCN(C)CC3)cc(C(F)(F)F)c2)cc1N1Cc2cnc(N)nc2C2(CC2)C1=O. The van der Waals surface area contributed by atoms with E-state index in [2.05, 4.69) is 20.2 Å². The van der Waals surface area contributed by atoms with E-state index in [0.29, 0.717) is 61.8 Å². The van der Waals surface area contributed by atoms with Crippen LogP contribution in [0, 0.1) is 6.92 Å². The summed E-state index contributed by atoms with van der Waals surface area (Å²) in [7, 11) is 1.96. The van der Waals surface area contributed by atoms with Gasteiger partial charge in [0.25, 0.3) is 5.91 Å². The number of nitrogen functional groups attached to an aromatic ring is 1. The highest BCUT2D eigenvalue weighted by Gasteiger charge is 2.58. The van der Waals surface area contributed by atoms with Gasteiger partial charge in [-0.3, -0.25) is 9.59 Å². The monoisotopic (exact) mass is 565 g/mol. The predicted molar refractivity (Wildman–Crippen MR) is 149 cm³/mol. The second-order valence-corrected chi connectivity index (χ2v) is 11.1. The van der Waals surface area contributed by atoms with Crippen molar-refractivity contribution in [3.8, 4) is 0 Å². The zero-order chi connectivity index (χ0) is 29.1. The van der Waals surface area contributed by atoms with Gasteiger partial charge in [0.1, 0.15) is 0 Å². The van der Waals surface area contributed by atoms with Crippen LogP contribution in [-0.2, 0) is 22.9 Å². The molecule has 2 amide bonds. The van der Waals surface area contributed by atoms with E-state index < -0.39 is 23.1 Å². The fourth-order valence-corrected chi connectivity index (χ4v) is 5.66. The number of hydrogen-bond donors (Lipinski definition) is 2. The predicted octanol–water partition coefficient (Wildman–Crippen LogP) is 3.97. The molecule has 1 aliphatic carbocycles. The zero-order valence-electron chi connectivity index (χ0n) is 22.8. The van der Waals surface area contributed by atoms with E-state index in [0.717, 1.165) is 23.3 Å². The third kappa shape index (κ3) is 4.96. The zero-order valence-corrected chi connectivity index (χ0v) is 22.8. The summed E-state index contributed by atoms with van der Waals surface area (Å²) in [4.78, 5) is 41.1. The number of halogens is 3. The number of carbonyl (C=O) groups excluding carboxylic acids is 2. The van der Waals surface area contributed by atoms with E-state index in [1.165, 1.54) is 6.07 Å². The number of aryl methyl sites for hydroxylation is 1. The molecular formula is C29H30F3N7O2. The lowest BCUT2D eigenvalue weighted by atomic mass is 9.91. The molecule has 9 nitrogen and oxygen atoms in total. The van der Waals surface area contributed by atoms with Crippen molar-refractivity contribution < 1.29 is 22.8 Å². The number of nitrogens with zero attached hydrogens (tertiary/aromatic N) is 5. The number of likely N-dealkylation sites (N-methyl/N-ethyl adjacent to an activating group) is 1. The number of nitrogens with one attached hydrogen (secondary N) is 1. The molecule has 0 unspecified atom stereocenters. The van der Waals surface area contributed by atoms with Gasteiger partial charge in [-0.1, -0.05) is 6.07 Å². The maximum atomic E-state index is 13.8. The van der Waals surface area contributed by atoms with Crippen LogP contribution in [-0.4, -0.2) is 59.9 Å². The number of aromatic nitrogens is 2. The highest BCUT2D eigenvalue weighted by molar-refractivity contribution is 6.07. The van der Waals surface area contributed by atoms with Gasteiger partial charge < -0.3 is 25.8 Å². The van der Waals surface area contributed by atoms with Crippen LogP contribution in [0.4, 0.5) is 36.2 Å². The van der Waals surface area contributed by atoms with Crippen molar-refractivity contribution in [3.63, 3.8) is 0 Å². The number of amides is 2. The molecule has 1 saturated heterocycles. The standard InChI is InChI=1S/C29H30F3N7O2/c1-17-3-4-21(14-23(17)39-16-19-15-34-27(33)36-24(19)28(5-6-28)26(39)41)35-25(40)18-11-20(29(30,31)32)13-22(12-18)38-9-7-37(2)8-10-38/h3-4,11-15H,5-10,16H2,1-2H3,(H,35,40)(H2,33,34,36). The highest BCUT2D eigenvalue weighted by Crippen LogP contribution is 2.53. The van der Waals surface area contributed by atoms with E-state index in [-0.39, 0.29) is 24.0 Å². The van der Waals surface area contributed by atoms with Crippen molar-refractivity contribution in [1.82, 2.24) is 14.9 Å². The van der Waals surface area contributed by atoms with Gasteiger partial charge in [0.2, 0.25) is 11.9 Å². The van der Waals surface area contributed by atoms with Gasteiger partial charge in [-0.25, -0.2) is 9.97 Å². The number of carbonyl (C=O) groups is 2. The van der Waals surface area contributed by atoms with Crippen LogP contribution in [0.5, 0.6) is 0 Å². The molecule has 0 radical (unpaired) electrons. The average Bonchev–Trinajstić information content (AvgIpc) is 3.74. The molecule has 1 saturated carbocycles. The number of piperazine rings is 1. The van der Waals surface area contributed by atoms with E-state index in [4.69, 9.17) is 5.73 Å². The first-order valence-electron chi connectivity index (χ1n) is 13.5. The van der Waals surface area contributed by atoms with E-state index in [1.807, 2.05) is 18.9 Å². The van der Waals surface area contributed by atoms with Crippen molar-refractivity contribution in [3.05, 3.63) is 70.5 Å². The molecule has 1 aromatic heterocycles. The van der Waals surface area contributed by atoms with Crippen molar-refractivity contribution in [2.24, 2.45) is 0 Å². The number of alkyl halides is 3. The number of anilines is 4. The molecule has 214 valence electrons. The third-order valence-corrected chi connectivity index (χ3v) is 8.20. The Morgan fingerprint density at radius 1 is 1.07 bits per heavy atom. The van der Waals surface area contributed by atoms with Crippen LogP contribution in [0.1, 0.15) is 45.6 Å². The van der Waals surface area contributed by atoms with Crippen molar-refractivity contribution in [1.29, 1.82) is 0 Å². The van der Waals surface area contributed by atoms with E-state index in [9.17, 15) is 22.8 Å². The van der Waals surface area contributed by atoms with Crippen molar-refractivity contribution in [2.75, 3.05) is 54.1 Å². The summed E-state index contributed by atoms with van der Waals surface area (Å²) >= 11 is 0. The van der Waals surface area contributed by atoms with Gasteiger partial charge >= 0.3 is 6.18 Å². The molecule has 0 bridgehead atoms. The molecule has 3 heterocycles. The normalized spacial score (nSPS) is 18.4. The Balaban J connectivity index is 1.29. The fourth-order valence-electron chi connectivity index (χ4n) is 5.66. The summed E-state index contributed by atoms with van der Waals surface area (Å²) in [6.45, 7) is 4.65. The minimum absolute atomic E-state index is 0.0921. The second kappa shape index (κ2) is 9.72. The first-order chi connectivity index (χ1) is 19.4.